The lowest BCUT2D eigenvalue weighted by atomic mass is 9.90. The van der Waals surface area contributed by atoms with Crippen molar-refractivity contribution in [3.05, 3.63) is 103 Å². The van der Waals surface area contributed by atoms with Crippen LogP contribution >= 0.6 is 22.9 Å². The lowest BCUT2D eigenvalue weighted by Gasteiger charge is -2.19. The molecule has 4 heterocycles. The van der Waals surface area contributed by atoms with Gasteiger partial charge < -0.3 is 9.84 Å². The van der Waals surface area contributed by atoms with E-state index in [-0.39, 0.29) is 46.7 Å². The maximum atomic E-state index is 14.4. The topological polar surface area (TPSA) is 131 Å². The van der Waals surface area contributed by atoms with Gasteiger partial charge >= 0.3 is 12.1 Å². The normalized spacial score (nSPS) is 11.7. The molecular weight excluding hydrogens is 686 g/mol. The van der Waals surface area contributed by atoms with Gasteiger partial charge in [0.05, 0.1) is 50.6 Å². The molecule has 0 radical (unpaired) electrons. The van der Waals surface area contributed by atoms with Crippen LogP contribution in [-0.2, 0) is 12.7 Å². The molecule has 0 amide bonds. The Balaban J connectivity index is 1.43. The predicted octanol–water partition coefficient (Wildman–Crippen LogP) is 8.12. The van der Waals surface area contributed by atoms with E-state index in [2.05, 4.69) is 15.0 Å². The maximum Gasteiger partial charge on any atom is 0.417 e. The highest BCUT2D eigenvalue weighted by molar-refractivity contribution is 7.18. The second-order valence-corrected chi connectivity index (χ2v) is 12.3. The van der Waals surface area contributed by atoms with Crippen molar-refractivity contribution in [3.8, 4) is 34.1 Å². The fourth-order valence-electron chi connectivity index (χ4n) is 5.70. The van der Waals surface area contributed by atoms with Crippen LogP contribution in [0.4, 0.5) is 17.6 Å². The van der Waals surface area contributed by atoms with E-state index in [0.29, 0.717) is 43.9 Å². The summed E-state index contributed by atoms with van der Waals surface area (Å²) in [7, 11) is 0. The van der Waals surface area contributed by atoms with E-state index < -0.39 is 40.2 Å². The summed E-state index contributed by atoms with van der Waals surface area (Å²) >= 11 is 7.55. The zero-order valence-electron chi connectivity index (χ0n) is 25.7. The van der Waals surface area contributed by atoms with Gasteiger partial charge in [-0.15, -0.1) is 11.3 Å². The molecule has 6 rings (SSSR count). The molecule has 0 unspecified atom stereocenters. The number of aromatic carboxylic acids is 1. The number of rotatable bonds is 7. The molecule has 1 N–H and O–H groups in total. The first-order valence-corrected chi connectivity index (χ1v) is 15.7. The number of carbonyl (C=O) groups is 1. The number of carboxylic acids is 1. The second-order valence-electron chi connectivity index (χ2n) is 11.0. The Labute approximate surface area is 283 Å². The van der Waals surface area contributed by atoms with Gasteiger partial charge in [-0.3, -0.25) is 19.3 Å². The van der Waals surface area contributed by atoms with Crippen molar-refractivity contribution in [1.29, 1.82) is 5.26 Å². The number of fused-ring (bicyclic) bond motifs is 2. The van der Waals surface area contributed by atoms with Crippen molar-refractivity contribution in [2.75, 3.05) is 6.61 Å². The molecule has 15 heteroatoms. The highest BCUT2D eigenvalue weighted by Crippen LogP contribution is 2.43. The van der Waals surface area contributed by atoms with E-state index in [0.717, 1.165) is 12.3 Å². The van der Waals surface area contributed by atoms with Crippen LogP contribution in [0.25, 0.3) is 43.4 Å². The maximum absolute atomic E-state index is 14.4. The molecule has 0 aliphatic carbocycles. The molecule has 49 heavy (non-hydrogen) atoms. The molecule has 0 spiro atoms. The van der Waals surface area contributed by atoms with E-state index in [4.69, 9.17) is 16.3 Å². The Kier molecular flexibility index (Phi) is 8.60. The molecule has 0 saturated carbocycles. The Bertz CT molecular complexity index is 2450. The average Bonchev–Trinajstić information content (AvgIpc) is 3.47. The largest absolute Gasteiger partial charge is 0.491 e. The summed E-state index contributed by atoms with van der Waals surface area (Å²) < 4.78 is 65.2. The second kappa shape index (κ2) is 12.6. The van der Waals surface area contributed by atoms with Gasteiger partial charge in [-0.2, -0.15) is 18.4 Å². The number of thiophene rings is 1. The number of hydrogen-bond donors (Lipinski definition) is 1. The van der Waals surface area contributed by atoms with Crippen LogP contribution in [0.1, 0.15) is 38.7 Å². The number of nitrogens with zero attached hydrogens (tertiary/aromatic N) is 5. The summed E-state index contributed by atoms with van der Waals surface area (Å²) in [6.45, 7) is 4.29. The van der Waals surface area contributed by atoms with Gasteiger partial charge in [-0.05, 0) is 57.2 Å². The Morgan fingerprint density at radius 3 is 2.55 bits per heavy atom. The fraction of sp³-hybridized carbons (Fsp3) is 0.176. The van der Waals surface area contributed by atoms with Gasteiger partial charge in [-0.1, -0.05) is 11.6 Å². The third-order valence-electron chi connectivity index (χ3n) is 7.86. The lowest BCUT2D eigenvalue weighted by molar-refractivity contribution is -0.137. The first-order chi connectivity index (χ1) is 23.2. The molecule has 4 aromatic heterocycles. The van der Waals surface area contributed by atoms with E-state index in [1.54, 1.807) is 37.3 Å². The minimum atomic E-state index is -4.97. The van der Waals surface area contributed by atoms with E-state index in [1.165, 1.54) is 35.1 Å². The molecule has 9 nitrogen and oxygen atoms in total. The zero-order valence-corrected chi connectivity index (χ0v) is 27.3. The number of halogens is 5. The molecule has 0 bridgehead atoms. The predicted molar refractivity (Wildman–Crippen MR) is 176 cm³/mol. The number of hydrogen-bond acceptors (Lipinski definition) is 8. The van der Waals surface area contributed by atoms with Crippen molar-refractivity contribution in [3.63, 3.8) is 0 Å². The summed E-state index contributed by atoms with van der Waals surface area (Å²) in [5.74, 6) is -1.62. The molecule has 0 saturated heterocycles. The fourth-order valence-corrected chi connectivity index (χ4v) is 6.89. The number of alkyl halides is 3. The summed E-state index contributed by atoms with van der Waals surface area (Å²) in [6.07, 6.45) is -4.13. The Morgan fingerprint density at radius 2 is 1.86 bits per heavy atom. The van der Waals surface area contributed by atoms with Gasteiger partial charge in [0.15, 0.2) is 0 Å². The standard InChI is InChI=1S/C34H22ClF4N5O4S/c1-15-8-22(31-30(42-15)24(14-49-31)33(46)47)21-9-18(35)4-5-27(21)48-7-6-44-17(3)43-26-11-25(34(37,38)39)28(23(12-40)29(26)32(44)45)20-10-19(36)13-41-16(20)2/h4-5,8-11,13-14H,6-7H2,1-3H3,(H,46,47). The monoisotopic (exact) mass is 707 g/mol. The quantitative estimate of drug-likeness (QED) is 0.165. The summed E-state index contributed by atoms with van der Waals surface area (Å²) in [6, 6.07) is 9.91. The minimum Gasteiger partial charge on any atom is -0.491 e. The first kappa shape index (κ1) is 33.5. The van der Waals surface area contributed by atoms with Crippen LogP contribution in [0.5, 0.6) is 5.75 Å². The number of nitriles is 1. The van der Waals surface area contributed by atoms with Crippen LogP contribution in [0.3, 0.4) is 0 Å². The first-order valence-electron chi connectivity index (χ1n) is 14.4. The summed E-state index contributed by atoms with van der Waals surface area (Å²) in [4.78, 5) is 38.2. The van der Waals surface area contributed by atoms with E-state index in [1.807, 2.05) is 0 Å². The van der Waals surface area contributed by atoms with Gasteiger partial charge in [-0.25, -0.2) is 14.2 Å². The van der Waals surface area contributed by atoms with Crippen molar-refractivity contribution < 1.29 is 32.2 Å². The molecular formula is C34H22ClF4N5O4S. The number of aromatic nitrogens is 4. The third-order valence-corrected chi connectivity index (χ3v) is 9.10. The Hall–Kier alpha value is -5.39. The van der Waals surface area contributed by atoms with Gasteiger partial charge in [0, 0.05) is 44.0 Å². The van der Waals surface area contributed by atoms with Crippen molar-refractivity contribution in [1.82, 2.24) is 19.5 Å². The van der Waals surface area contributed by atoms with Crippen LogP contribution in [0, 0.1) is 37.9 Å². The number of carboxylic acid groups (broad SMARTS) is 1. The number of pyridine rings is 2. The summed E-state index contributed by atoms with van der Waals surface area (Å²) in [5.41, 5.74) is -1.82. The van der Waals surface area contributed by atoms with Crippen LogP contribution in [0.2, 0.25) is 5.02 Å². The van der Waals surface area contributed by atoms with E-state index >= 15 is 0 Å². The SMILES string of the molecule is Cc1cc(-c2cc(Cl)ccc2OCCn2c(C)nc3cc(C(F)(F)F)c(-c4cc(F)cnc4C)c(C#N)c3c2=O)c2scc(C(=O)O)c2n1. The number of ether oxygens (including phenoxy) is 1. The number of aryl methyl sites for hydroxylation is 3. The lowest BCUT2D eigenvalue weighted by Crippen LogP contribution is -2.27. The molecule has 2 aromatic carbocycles. The van der Waals surface area contributed by atoms with Crippen LogP contribution < -0.4 is 10.3 Å². The zero-order chi connectivity index (χ0) is 35.4. The van der Waals surface area contributed by atoms with Gasteiger partial charge in [0.2, 0.25) is 0 Å². The van der Waals surface area contributed by atoms with Crippen molar-refractivity contribution >= 4 is 50.0 Å². The van der Waals surface area contributed by atoms with Crippen LogP contribution in [-0.4, -0.2) is 37.2 Å². The number of benzene rings is 2. The Morgan fingerprint density at radius 1 is 1.10 bits per heavy atom. The van der Waals surface area contributed by atoms with Crippen molar-refractivity contribution in [2.24, 2.45) is 0 Å². The van der Waals surface area contributed by atoms with E-state index in [9.17, 15) is 37.5 Å². The van der Waals surface area contributed by atoms with Gasteiger partial charge in [0.1, 0.15) is 30.1 Å². The van der Waals surface area contributed by atoms with Gasteiger partial charge in [0.25, 0.3) is 5.56 Å². The molecule has 0 atom stereocenters. The van der Waals surface area contributed by atoms with Crippen molar-refractivity contribution in [2.45, 2.75) is 33.5 Å². The molecule has 0 aliphatic heterocycles. The highest BCUT2D eigenvalue weighted by atomic mass is 35.5. The highest BCUT2D eigenvalue weighted by Gasteiger charge is 2.37. The molecule has 6 aromatic rings. The molecule has 0 fully saturated rings. The molecule has 248 valence electrons. The van der Waals surface area contributed by atoms with Crippen LogP contribution in [0.15, 0.2) is 52.8 Å². The smallest absolute Gasteiger partial charge is 0.417 e. The summed E-state index contributed by atoms with van der Waals surface area (Å²) in [5, 5.41) is 21.3. The average molecular weight is 708 g/mol. The molecule has 0 aliphatic rings. The third kappa shape index (κ3) is 6.07. The minimum absolute atomic E-state index is 0.0266.